The highest BCUT2D eigenvalue weighted by Crippen LogP contribution is 2.24. The first-order valence-corrected chi connectivity index (χ1v) is 10.8. The largest absolute Gasteiger partial charge is 0.465 e. The molecule has 0 unspecified atom stereocenters. The average Bonchev–Trinajstić information content (AvgIpc) is 3.21. The topological polar surface area (TPSA) is 61.2 Å². The number of morpholine rings is 1. The van der Waals surface area contributed by atoms with Gasteiger partial charge in [-0.2, -0.15) is 0 Å². The van der Waals surface area contributed by atoms with Gasteiger partial charge in [-0.25, -0.2) is 4.79 Å². The van der Waals surface area contributed by atoms with Gasteiger partial charge in [0.1, 0.15) is 11.5 Å². The Morgan fingerprint density at radius 1 is 1.00 bits per heavy atom. The zero-order valence-electron chi connectivity index (χ0n) is 18.0. The minimum Gasteiger partial charge on any atom is -0.465 e. The van der Waals surface area contributed by atoms with Gasteiger partial charge in [-0.1, -0.05) is 18.2 Å². The Balaban J connectivity index is 1.33. The highest BCUT2D eigenvalue weighted by molar-refractivity contribution is 5.74. The van der Waals surface area contributed by atoms with Crippen molar-refractivity contribution in [1.29, 1.82) is 0 Å². The molecule has 30 heavy (non-hydrogen) atoms. The summed E-state index contributed by atoms with van der Waals surface area (Å²) in [6, 6.07) is 12.5. The molecule has 0 bridgehead atoms. The number of hydrogen-bond donors (Lipinski definition) is 1. The smallest absolute Gasteiger partial charge is 0.317 e. The van der Waals surface area contributed by atoms with Crippen LogP contribution in [-0.4, -0.2) is 74.9 Å². The summed E-state index contributed by atoms with van der Waals surface area (Å²) in [5, 5.41) is 3.15. The second kappa shape index (κ2) is 9.53. The van der Waals surface area contributed by atoms with E-state index >= 15 is 0 Å². The van der Waals surface area contributed by atoms with Gasteiger partial charge in [0, 0.05) is 51.5 Å². The molecule has 0 radical (unpaired) electrons. The zero-order valence-corrected chi connectivity index (χ0v) is 18.0. The second-order valence-corrected chi connectivity index (χ2v) is 8.06. The third-order valence-electron chi connectivity index (χ3n) is 6.05. The third kappa shape index (κ3) is 4.79. The van der Waals surface area contributed by atoms with Crippen LogP contribution in [0.1, 0.15) is 23.1 Å². The molecule has 4 rings (SSSR count). The Morgan fingerprint density at radius 2 is 1.73 bits per heavy atom. The van der Waals surface area contributed by atoms with Crippen molar-refractivity contribution in [2.24, 2.45) is 0 Å². The summed E-state index contributed by atoms with van der Waals surface area (Å²) >= 11 is 0. The van der Waals surface area contributed by atoms with Gasteiger partial charge in [-0.3, -0.25) is 4.90 Å². The van der Waals surface area contributed by atoms with Crippen molar-refractivity contribution in [2.75, 3.05) is 63.9 Å². The van der Waals surface area contributed by atoms with Crippen molar-refractivity contribution in [3.8, 4) is 0 Å². The lowest BCUT2D eigenvalue weighted by Crippen LogP contribution is -2.53. The molecule has 2 fully saturated rings. The predicted molar refractivity (Wildman–Crippen MR) is 117 cm³/mol. The molecule has 1 aromatic carbocycles. The molecule has 2 saturated heterocycles. The van der Waals surface area contributed by atoms with E-state index in [0.717, 1.165) is 50.8 Å². The first-order valence-electron chi connectivity index (χ1n) is 10.8. The fraction of sp³-hybridized carbons (Fsp3) is 0.522. The number of carbonyl (C=O) groups excluding carboxylic acids is 1. The van der Waals surface area contributed by atoms with Crippen LogP contribution in [-0.2, 0) is 4.74 Å². The fourth-order valence-electron chi connectivity index (χ4n) is 4.30. The van der Waals surface area contributed by atoms with E-state index in [2.05, 4.69) is 46.3 Å². The maximum atomic E-state index is 12.9. The maximum Gasteiger partial charge on any atom is 0.317 e. The number of para-hydroxylation sites is 1. The van der Waals surface area contributed by atoms with Crippen LogP contribution >= 0.6 is 0 Å². The minimum absolute atomic E-state index is 0.000899. The Morgan fingerprint density at radius 3 is 2.40 bits per heavy atom. The van der Waals surface area contributed by atoms with Crippen molar-refractivity contribution < 1.29 is 13.9 Å². The molecule has 1 N–H and O–H groups in total. The van der Waals surface area contributed by atoms with E-state index in [1.54, 1.807) is 0 Å². The summed E-state index contributed by atoms with van der Waals surface area (Å²) in [5.74, 6) is 1.79. The van der Waals surface area contributed by atoms with Crippen LogP contribution in [0, 0.1) is 13.8 Å². The summed E-state index contributed by atoms with van der Waals surface area (Å²) in [5.41, 5.74) is 2.54. The molecule has 0 aliphatic carbocycles. The molecule has 7 heteroatoms. The zero-order chi connectivity index (χ0) is 20.9. The van der Waals surface area contributed by atoms with E-state index in [4.69, 9.17) is 9.15 Å². The van der Waals surface area contributed by atoms with E-state index in [0.29, 0.717) is 19.8 Å². The first kappa shape index (κ1) is 20.8. The lowest BCUT2D eigenvalue weighted by atomic mass is 10.1. The Kier molecular flexibility index (Phi) is 6.59. The number of carbonyl (C=O) groups is 1. The van der Waals surface area contributed by atoms with Gasteiger partial charge in [-0.15, -0.1) is 0 Å². The maximum absolute atomic E-state index is 12.9. The summed E-state index contributed by atoms with van der Waals surface area (Å²) in [6.07, 6.45) is 0. The number of aryl methyl sites for hydroxylation is 2. The third-order valence-corrected chi connectivity index (χ3v) is 6.05. The molecule has 2 amide bonds. The quantitative estimate of drug-likeness (QED) is 0.818. The van der Waals surface area contributed by atoms with E-state index in [-0.39, 0.29) is 12.1 Å². The molecule has 2 aromatic rings. The highest BCUT2D eigenvalue weighted by Gasteiger charge is 2.27. The van der Waals surface area contributed by atoms with Crippen LogP contribution in [0.2, 0.25) is 0 Å². The number of urea groups is 1. The van der Waals surface area contributed by atoms with Crippen molar-refractivity contribution in [1.82, 2.24) is 15.1 Å². The summed E-state index contributed by atoms with van der Waals surface area (Å²) < 4.78 is 11.4. The summed E-state index contributed by atoms with van der Waals surface area (Å²) in [4.78, 5) is 19.5. The van der Waals surface area contributed by atoms with E-state index in [1.807, 2.05) is 24.0 Å². The molecular formula is C23H32N4O3. The van der Waals surface area contributed by atoms with Gasteiger partial charge < -0.3 is 24.3 Å². The SMILES string of the molecule is Cc1ccc([C@H](CNC(=O)N2CCN(c3ccccc3C)CC2)N2CCOCC2)o1. The second-order valence-electron chi connectivity index (χ2n) is 8.06. The van der Waals surface area contributed by atoms with Crippen molar-refractivity contribution >= 4 is 11.7 Å². The van der Waals surface area contributed by atoms with Crippen LogP contribution in [0.3, 0.4) is 0 Å². The van der Waals surface area contributed by atoms with Gasteiger partial charge in [-0.05, 0) is 37.6 Å². The van der Waals surface area contributed by atoms with Crippen molar-refractivity contribution in [3.63, 3.8) is 0 Å². The van der Waals surface area contributed by atoms with Gasteiger partial charge in [0.25, 0.3) is 0 Å². The van der Waals surface area contributed by atoms with Crippen molar-refractivity contribution in [2.45, 2.75) is 19.9 Å². The monoisotopic (exact) mass is 412 g/mol. The highest BCUT2D eigenvalue weighted by atomic mass is 16.5. The molecule has 1 atom stereocenters. The predicted octanol–water partition coefficient (Wildman–Crippen LogP) is 2.80. The summed E-state index contributed by atoms with van der Waals surface area (Å²) in [6.45, 7) is 10.9. The Bertz CT molecular complexity index is 838. The van der Waals surface area contributed by atoms with Gasteiger partial charge in [0.2, 0.25) is 0 Å². The van der Waals surface area contributed by atoms with Crippen LogP contribution < -0.4 is 10.2 Å². The molecule has 2 aliphatic rings. The van der Waals surface area contributed by atoms with E-state index in [9.17, 15) is 4.79 Å². The lowest BCUT2D eigenvalue weighted by Gasteiger charge is -2.37. The van der Waals surface area contributed by atoms with Crippen LogP contribution in [0.4, 0.5) is 10.5 Å². The number of nitrogens with zero attached hydrogens (tertiary/aromatic N) is 3. The number of amides is 2. The van der Waals surface area contributed by atoms with Gasteiger partial charge >= 0.3 is 6.03 Å². The number of rotatable bonds is 5. The first-order chi connectivity index (χ1) is 14.6. The number of piperazine rings is 1. The van der Waals surface area contributed by atoms with Crippen LogP contribution in [0.25, 0.3) is 0 Å². The van der Waals surface area contributed by atoms with Gasteiger partial charge in [0.05, 0.1) is 19.3 Å². The van der Waals surface area contributed by atoms with Crippen LogP contribution in [0.5, 0.6) is 0 Å². The number of benzene rings is 1. The molecule has 7 nitrogen and oxygen atoms in total. The Labute approximate surface area is 178 Å². The van der Waals surface area contributed by atoms with Crippen LogP contribution in [0.15, 0.2) is 40.8 Å². The Hall–Kier alpha value is -2.51. The lowest BCUT2D eigenvalue weighted by molar-refractivity contribution is 0.0119. The van der Waals surface area contributed by atoms with Crippen molar-refractivity contribution in [3.05, 3.63) is 53.5 Å². The van der Waals surface area contributed by atoms with E-state index in [1.165, 1.54) is 11.3 Å². The number of nitrogens with one attached hydrogen (secondary N) is 1. The standard InChI is InChI=1S/C23H32N4O3/c1-18-5-3-4-6-20(18)25-9-11-27(12-10-25)23(28)24-17-21(22-8-7-19(2)30-22)26-13-15-29-16-14-26/h3-8,21H,9-17H2,1-2H3,(H,24,28)/t21-/m0/s1. The minimum atomic E-state index is 0.000899. The molecule has 2 aliphatic heterocycles. The molecule has 3 heterocycles. The number of furan rings is 1. The number of hydrogen-bond acceptors (Lipinski definition) is 5. The fourth-order valence-corrected chi connectivity index (χ4v) is 4.30. The molecule has 1 aromatic heterocycles. The van der Waals surface area contributed by atoms with Gasteiger partial charge in [0.15, 0.2) is 0 Å². The molecule has 162 valence electrons. The molecule has 0 saturated carbocycles. The average molecular weight is 413 g/mol. The number of ether oxygens (including phenoxy) is 1. The molecular weight excluding hydrogens is 380 g/mol. The molecule has 0 spiro atoms. The van der Waals surface area contributed by atoms with E-state index < -0.39 is 0 Å². The summed E-state index contributed by atoms with van der Waals surface area (Å²) in [7, 11) is 0. The normalized spacial score (nSPS) is 19.0. The number of anilines is 1.